The smallest absolute Gasteiger partial charge is 0.308 e. The number of hydrogen-bond acceptors (Lipinski definition) is 12. The maximum atomic E-state index is 14.0. The van der Waals surface area contributed by atoms with Gasteiger partial charge < -0.3 is 25.2 Å². The van der Waals surface area contributed by atoms with Crippen LogP contribution in [0.1, 0.15) is 100 Å². The second-order valence-electron chi connectivity index (χ2n) is 16.2. The molecule has 1 aliphatic carbocycles. The van der Waals surface area contributed by atoms with Crippen molar-refractivity contribution in [1.82, 2.24) is 34.8 Å². The Bertz CT molecular complexity index is 2520. The fraction of sp³-hybridized carbons (Fsp3) is 0.391. The number of aromatic nitrogens is 5. The number of amides is 3. The van der Waals surface area contributed by atoms with Crippen LogP contribution in [0.4, 0.5) is 17.2 Å². The average Bonchev–Trinajstić information content (AvgIpc) is 3.85. The van der Waals surface area contributed by atoms with Gasteiger partial charge in [-0.25, -0.2) is 13.4 Å². The van der Waals surface area contributed by atoms with E-state index < -0.39 is 21.8 Å². The summed E-state index contributed by atoms with van der Waals surface area (Å²) >= 11 is 0. The average molecular weight is 891 g/mol. The van der Waals surface area contributed by atoms with Gasteiger partial charge in [0.15, 0.2) is 11.5 Å². The lowest BCUT2D eigenvalue weighted by molar-refractivity contribution is -0.146. The molecule has 17 nitrogen and oxygen atoms in total. The number of pyridine rings is 1. The Kier molecular flexibility index (Phi) is 14.8. The van der Waals surface area contributed by atoms with Gasteiger partial charge in [0, 0.05) is 49.5 Å². The number of piperidine rings is 1. The number of anilines is 3. The molecule has 0 spiro atoms. The van der Waals surface area contributed by atoms with Crippen molar-refractivity contribution in [2.45, 2.75) is 82.2 Å². The number of hydrogen-bond donors (Lipinski definition) is 3. The predicted molar refractivity (Wildman–Crippen MR) is 240 cm³/mol. The Morgan fingerprint density at radius 3 is 2.16 bits per heavy atom. The van der Waals surface area contributed by atoms with E-state index in [2.05, 4.69) is 36.2 Å². The second kappa shape index (κ2) is 20.8. The van der Waals surface area contributed by atoms with Gasteiger partial charge in [0.25, 0.3) is 17.7 Å². The van der Waals surface area contributed by atoms with Gasteiger partial charge in [-0.3, -0.25) is 19.2 Å². The molecular weight excluding hydrogens is 837 g/mol. The molecule has 18 heteroatoms. The van der Waals surface area contributed by atoms with E-state index in [9.17, 15) is 27.6 Å². The second-order valence-corrected chi connectivity index (χ2v) is 18.1. The number of methoxy groups -OCH3 is 1. The van der Waals surface area contributed by atoms with E-state index in [1.807, 2.05) is 36.4 Å². The standard InChI is InChI=1S/C46H54N10O7S/c1-4-56(37-23-19-34(20-24-37)46(60)63-3)64(61,62)38-10-8-9-35(29-38)43(57)48-39-25-26-41(55-27-6-5-7-28-55)49-42(39)44(58)47-36-21-15-32(16-22-36)12-11-31-13-17-33(18-14-31)45(59)54(2)30-40-50-52-53-51-40/h8-10,13-18,21-22,25-26,29,34,37H,4-7,11-12,19-20,23-24,27-28,30H2,1-3H3,(H,47,58)(H,48,57)(H,50,51,52,53). The van der Waals surface area contributed by atoms with Crippen LogP contribution >= 0.6 is 0 Å². The molecule has 2 aliphatic rings. The zero-order valence-electron chi connectivity index (χ0n) is 36.3. The fourth-order valence-electron chi connectivity index (χ4n) is 8.34. The van der Waals surface area contributed by atoms with Gasteiger partial charge >= 0.3 is 5.97 Å². The highest BCUT2D eigenvalue weighted by Gasteiger charge is 2.35. The van der Waals surface area contributed by atoms with Crippen molar-refractivity contribution in [2.75, 3.05) is 49.3 Å². The third kappa shape index (κ3) is 11.0. The molecule has 1 saturated heterocycles. The van der Waals surface area contributed by atoms with Crippen LogP contribution in [0.5, 0.6) is 0 Å². The molecule has 0 bridgehead atoms. The molecular formula is C46H54N10O7S. The molecule has 0 atom stereocenters. The lowest BCUT2D eigenvalue weighted by Gasteiger charge is -2.34. The Morgan fingerprint density at radius 2 is 1.52 bits per heavy atom. The summed E-state index contributed by atoms with van der Waals surface area (Å²) in [6.07, 6.45) is 6.69. The normalized spacial score (nSPS) is 16.5. The SMILES string of the molecule is CCN(C1CCC(C(=O)OC)CC1)S(=O)(=O)c1cccc(C(=O)Nc2ccc(N3CCCCC3)nc2C(=O)Nc2ccc(CCc3ccc(C(=O)N(C)Cc4nn[nH]n4)cc3)cc2)c1. The summed E-state index contributed by atoms with van der Waals surface area (Å²) in [4.78, 5) is 61.2. The number of aromatic amines is 1. The highest BCUT2D eigenvalue weighted by Crippen LogP contribution is 2.32. The number of H-pyrrole nitrogens is 1. The van der Waals surface area contributed by atoms with Crippen molar-refractivity contribution in [1.29, 1.82) is 0 Å². The van der Waals surface area contributed by atoms with E-state index in [1.165, 1.54) is 40.6 Å². The zero-order chi connectivity index (χ0) is 45.2. The van der Waals surface area contributed by atoms with Gasteiger partial charge in [-0.1, -0.05) is 42.5 Å². The van der Waals surface area contributed by atoms with Crippen LogP contribution in [0.15, 0.2) is 89.8 Å². The number of carbonyl (C=O) groups excluding carboxylic acids is 4. The highest BCUT2D eigenvalue weighted by atomic mass is 32.2. The molecule has 2 aromatic heterocycles. The topological polar surface area (TPSA) is 213 Å². The van der Waals surface area contributed by atoms with Gasteiger partial charge in [0.2, 0.25) is 10.0 Å². The predicted octanol–water partition coefficient (Wildman–Crippen LogP) is 5.89. The number of aryl methyl sites for hydroxylation is 2. The summed E-state index contributed by atoms with van der Waals surface area (Å²) in [5.41, 5.74) is 3.51. The Hall–Kier alpha value is -6.53. The molecule has 5 aromatic rings. The lowest BCUT2D eigenvalue weighted by Crippen LogP contribution is -2.43. The first-order valence-corrected chi connectivity index (χ1v) is 23.1. The van der Waals surface area contributed by atoms with E-state index in [-0.39, 0.29) is 58.8 Å². The number of benzene rings is 3. The Morgan fingerprint density at radius 1 is 0.828 bits per heavy atom. The molecule has 0 unspecified atom stereocenters. The summed E-state index contributed by atoms with van der Waals surface area (Å²) in [6, 6.07) is 24.0. The van der Waals surface area contributed by atoms with E-state index in [0.29, 0.717) is 48.6 Å². The van der Waals surface area contributed by atoms with Crippen molar-refractivity contribution in [3.63, 3.8) is 0 Å². The van der Waals surface area contributed by atoms with Gasteiger partial charge in [-0.15, -0.1) is 10.2 Å². The number of tetrazole rings is 1. The maximum absolute atomic E-state index is 14.0. The van der Waals surface area contributed by atoms with Crippen molar-refractivity contribution in [2.24, 2.45) is 5.92 Å². The molecule has 64 heavy (non-hydrogen) atoms. The number of sulfonamides is 1. The van der Waals surface area contributed by atoms with Crippen LogP contribution in [0.2, 0.25) is 0 Å². The first-order valence-electron chi connectivity index (χ1n) is 21.7. The Balaban J connectivity index is 1.01. The summed E-state index contributed by atoms with van der Waals surface area (Å²) < 4.78 is 34.3. The van der Waals surface area contributed by atoms with Crippen LogP contribution in [-0.2, 0) is 38.9 Å². The molecule has 3 aromatic carbocycles. The van der Waals surface area contributed by atoms with Crippen molar-refractivity contribution < 1.29 is 32.3 Å². The molecule has 3 amide bonds. The third-order valence-electron chi connectivity index (χ3n) is 11.9. The quantitative estimate of drug-likeness (QED) is 0.0991. The molecule has 3 heterocycles. The van der Waals surface area contributed by atoms with Crippen molar-refractivity contribution in [3.8, 4) is 0 Å². The van der Waals surface area contributed by atoms with E-state index in [0.717, 1.165) is 56.3 Å². The van der Waals surface area contributed by atoms with Gasteiger partial charge in [0.05, 0.1) is 30.2 Å². The summed E-state index contributed by atoms with van der Waals surface area (Å²) in [6.45, 7) is 3.84. The molecule has 3 N–H and O–H groups in total. The Labute approximate surface area is 373 Å². The number of carbonyl (C=O) groups is 4. The molecule has 7 rings (SSSR count). The van der Waals surface area contributed by atoms with E-state index in [1.54, 1.807) is 38.2 Å². The molecule has 1 saturated carbocycles. The first-order chi connectivity index (χ1) is 30.9. The third-order valence-corrected chi connectivity index (χ3v) is 13.9. The van der Waals surface area contributed by atoms with Crippen molar-refractivity contribution in [3.05, 3.63) is 119 Å². The van der Waals surface area contributed by atoms with Crippen LogP contribution in [0.25, 0.3) is 0 Å². The summed E-state index contributed by atoms with van der Waals surface area (Å²) in [5.74, 6) is -0.739. The molecule has 2 fully saturated rings. The summed E-state index contributed by atoms with van der Waals surface area (Å²) in [7, 11) is -0.953. The minimum Gasteiger partial charge on any atom is -0.469 e. The van der Waals surface area contributed by atoms with Crippen LogP contribution < -0.4 is 15.5 Å². The number of ether oxygens (including phenoxy) is 1. The molecule has 336 valence electrons. The zero-order valence-corrected chi connectivity index (χ0v) is 37.1. The van der Waals surface area contributed by atoms with E-state index in [4.69, 9.17) is 9.72 Å². The summed E-state index contributed by atoms with van der Waals surface area (Å²) in [5, 5.41) is 19.5. The lowest BCUT2D eigenvalue weighted by atomic mass is 9.86. The number of nitrogens with one attached hydrogen (secondary N) is 3. The van der Waals surface area contributed by atoms with Gasteiger partial charge in [-0.05, 0) is 124 Å². The highest BCUT2D eigenvalue weighted by molar-refractivity contribution is 7.89. The number of esters is 1. The molecule has 0 radical (unpaired) electrons. The van der Waals surface area contributed by atoms with Crippen LogP contribution in [-0.4, -0.2) is 107 Å². The van der Waals surface area contributed by atoms with Crippen LogP contribution in [0, 0.1) is 5.92 Å². The minimum absolute atomic E-state index is 0.0203. The monoisotopic (exact) mass is 890 g/mol. The molecule has 1 aliphatic heterocycles. The van der Waals surface area contributed by atoms with Crippen molar-refractivity contribution >= 4 is 50.9 Å². The number of nitrogens with zero attached hydrogens (tertiary/aromatic N) is 7. The maximum Gasteiger partial charge on any atom is 0.308 e. The van der Waals surface area contributed by atoms with Gasteiger partial charge in [0.1, 0.15) is 5.82 Å². The number of rotatable bonds is 16. The minimum atomic E-state index is -4.00. The van der Waals surface area contributed by atoms with E-state index >= 15 is 0 Å². The largest absolute Gasteiger partial charge is 0.469 e. The fourth-order valence-corrected chi connectivity index (χ4v) is 10.1. The van der Waals surface area contributed by atoms with Gasteiger partial charge in [-0.2, -0.15) is 9.52 Å². The first kappa shape index (κ1) is 45.5. The van der Waals surface area contributed by atoms with Crippen LogP contribution in [0.3, 0.4) is 0 Å².